The molecule has 0 aliphatic carbocycles. The Bertz CT molecular complexity index is 592. The van der Waals surface area contributed by atoms with Crippen LogP contribution in [0, 0.1) is 11.8 Å². The van der Waals surface area contributed by atoms with Gasteiger partial charge in [0.25, 0.3) is 0 Å². The topological polar surface area (TPSA) is 29.5 Å². The summed E-state index contributed by atoms with van der Waals surface area (Å²) in [5, 5.41) is 9.35. The van der Waals surface area contributed by atoms with Gasteiger partial charge < -0.3 is 9.84 Å². The van der Waals surface area contributed by atoms with Crippen LogP contribution in [0.2, 0.25) is 5.02 Å². The second-order valence-electron chi connectivity index (χ2n) is 4.28. The zero-order valence-electron chi connectivity index (χ0n) is 11.0. The Hall–Kier alpha value is -1.79. The third-order valence-corrected chi connectivity index (χ3v) is 2.97. The van der Waals surface area contributed by atoms with E-state index in [4.69, 9.17) is 21.4 Å². The minimum absolute atomic E-state index is 0.119. The summed E-state index contributed by atoms with van der Waals surface area (Å²) in [6.45, 7) is 0.992. The van der Waals surface area contributed by atoms with Gasteiger partial charge in [0.05, 0.1) is 13.2 Å². The van der Waals surface area contributed by atoms with Gasteiger partial charge >= 0.3 is 0 Å². The molecule has 20 heavy (non-hydrogen) atoms. The average molecular weight is 287 g/mol. The maximum Gasteiger partial charge on any atom is 0.104 e. The molecule has 0 unspecified atom stereocenters. The smallest absolute Gasteiger partial charge is 0.104 e. The molecule has 2 aromatic carbocycles. The number of rotatable bonds is 4. The Labute approximate surface area is 124 Å². The molecule has 0 spiro atoms. The van der Waals surface area contributed by atoms with E-state index < -0.39 is 0 Å². The van der Waals surface area contributed by atoms with Crippen LogP contribution in [0.5, 0.6) is 0 Å². The second kappa shape index (κ2) is 7.72. The lowest BCUT2D eigenvalue weighted by Crippen LogP contribution is -1.94. The summed E-state index contributed by atoms with van der Waals surface area (Å²) in [6, 6.07) is 15.4. The molecule has 0 aromatic heterocycles. The summed E-state index contributed by atoms with van der Waals surface area (Å²) in [4.78, 5) is 0. The van der Waals surface area contributed by atoms with E-state index in [9.17, 15) is 0 Å². The zero-order valence-corrected chi connectivity index (χ0v) is 11.7. The van der Waals surface area contributed by atoms with Crippen molar-refractivity contribution < 1.29 is 9.84 Å². The number of hydrogen-bond acceptors (Lipinski definition) is 2. The van der Waals surface area contributed by atoms with Crippen molar-refractivity contribution >= 4 is 11.6 Å². The van der Waals surface area contributed by atoms with Gasteiger partial charge in [0.2, 0.25) is 0 Å². The van der Waals surface area contributed by atoms with Gasteiger partial charge in [-0.3, -0.25) is 0 Å². The molecule has 0 fully saturated rings. The summed E-state index contributed by atoms with van der Waals surface area (Å²) in [6.07, 6.45) is 0. The molecule has 0 aliphatic rings. The zero-order chi connectivity index (χ0) is 14.2. The van der Waals surface area contributed by atoms with Crippen LogP contribution in [0.3, 0.4) is 0 Å². The molecule has 0 amide bonds. The Morgan fingerprint density at radius 3 is 2.00 bits per heavy atom. The minimum atomic E-state index is -0.119. The highest BCUT2D eigenvalue weighted by molar-refractivity contribution is 6.30. The third kappa shape index (κ3) is 4.71. The van der Waals surface area contributed by atoms with Gasteiger partial charge in [-0.25, -0.2) is 0 Å². The standard InChI is InChI=1S/C17H15ClO2/c18-17-9-7-16(8-10-17)13-20-12-15-5-3-14(4-6-15)2-1-11-19/h3-10,19H,11-13H2. The number of hydrogen-bond donors (Lipinski definition) is 1. The molecule has 2 aromatic rings. The van der Waals surface area contributed by atoms with Crippen molar-refractivity contribution in [3.8, 4) is 11.8 Å². The second-order valence-corrected chi connectivity index (χ2v) is 4.71. The number of ether oxygens (including phenoxy) is 1. The van der Waals surface area contributed by atoms with E-state index in [0.29, 0.717) is 13.2 Å². The van der Waals surface area contributed by atoms with Crippen LogP contribution in [0.4, 0.5) is 0 Å². The van der Waals surface area contributed by atoms with Gasteiger partial charge in [0, 0.05) is 10.6 Å². The first-order chi connectivity index (χ1) is 9.78. The molecular weight excluding hydrogens is 272 g/mol. The fourth-order valence-electron chi connectivity index (χ4n) is 1.69. The lowest BCUT2D eigenvalue weighted by Gasteiger charge is -2.05. The fraction of sp³-hybridized carbons (Fsp3) is 0.176. The number of aliphatic hydroxyl groups excluding tert-OH is 1. The molecule has 1 N–H and O–H groups in total. The molecule has 102 valence electrons. The summed E-state index contributed by atoms with van der Waals surface area (Å²) >= 11 is 5.83. The lowest BCUT2D eigenvalue weighted by molar-refractivity contribution is 0.107. The van der Waals surface area contributed by atoms with E-state index in [0.717, 1.165) is 21.7 Å². The maximum absolute atomic E-state index is 8.62. The average Bonchev–Trinajstić information content (AvgIpc) is 2.48. The van der Waals surface area contributed by atoms with Crippen LogP contribution in [-0.4, -0.2) is 11.7 Å². The van der Waals surface area contributed by atoms with Crippen molar-refractivity contribution in [1.29, 1.82) is 0 Å². The van der Waals surface area contributed by atoms with E-state index in [-0.39, 0.29) is 6.61 Å². The molecule has 0 saturated carbocycles. The lowest BCUT2D eigenvalue weighted by atomic mass is 10.1. The fourth-order valence-corrected chi connectivity index (χ4v) is 1.82. The van der Waals surface area contributed by atoms with Crippen LogP contribution in [0.25, 0.3) is 0 Å². The van der Waals surface area contributed by atoms with Gasteiger partial charge in [0.1, 0.15) is 6.61 Å². The summed E-state index contributed by atoms with van der Waals surface area (Å²) in [5.74, 6) is 5.47. The molecule has 0 saturated heterocycles. The van der Waals surface area contributed by atoms with E-state index >= 15 is 0 Å². The van der Waals surface area contributed by atoms with E-state index in [1.165, 1.54) is 0 Å². The van der Waals surface area contributed by atoms with Crippen molar-refractivity contribution in [1.82, 2.24) is 0 Å². The monoisotopic (exact) mass is 286 g/mol. The predicted octanol–water partition coefficient (Wildman–Crippen LogP) is 3.40. The molecule has 0 heterocycles. The van der Waals surface area contributed by atoms with Crippen LogP contribution in [0.1, 0.15) is 16.7 Å². The molecular formula is C17H15ClO2. The Morgan fingerprint density at radius 1 is 0.900 bits per heavy atom. The van der Waals surface area contributed by atoms with Gasteiger partial charge in [-0.1, -0.05) is 47.7 Å². The highest BCUT2D eigenvalue weighted by Gasteiger charge is 1.96. The molecule has 0 bridgehead atoms. The van der Waals surface area contributed by atoms with Gasteiger partial charge in [-0.2, -0.15) is 0 Å². The number of benzene rings is 2. The highest BCUT2D eigenvalue weighted by Crippen LogP contribution is 2.11. The van der Waals surface area contributed by atoms with E-state index in [1.54, 1.807) is 0 Å². The highest BCUT2D eigenvalue weighted by atomic mass is 35.5. The summed E-state index contributed by atoms with van der Waals surface area (Å²) < 4.78 is 5.65. The largest absolute Gasteiger partial charge is 0.384 e. The van der Waals surface area contributed by atoms with Crippen LogP contribution in [-0.2, 0) is 18.0 Å². The van der Waals surface area contributed by atoms with Gasteiger partial charge in [-0.15, -0.1) is 0 Å². The number of aliphatic hydroxyl groups is 1. The van der Waals surface area contributed by atoms with Crippen molar-refractivity contribution in [2.75, 3.05) is 6.61 Å². The van der Waals surface area contributed by atoms with E-state index in [1.807, 2.05) is 48.5 Å². The molecule has 2 nitrogen and oxygen atoms in total. The van der Waals surface area contributed by atoms with Crippen molar-refractivity contribution in [3.63, 3.8) is 0 Å². The third-order valence-electron chi connectivity index (χ3n) is 2.72. The molecule has 3 heteroatoms. The Balaban J connectivity index is 1.83. The van der Waals surface area contributed by atoms with Gasteiger partial charge in [0.15, 0.2) is 0 Å². The van der Waals surface area contributed by atoms with Crippen molar-refractivity contribution in [2.24, 2.45) is 0 Å². The minimum Gasteiger partial charge on any atom is -0.384 e. The van der Waals surface area contributed by atoms with Crippen LogP contribution >= 0.6 is 11.6 Å². The van der Waals surface area contributed by atoms with Gasteiger partial charge in [-0.05, 0) is 35.4 Å². The first kappa shape index (κ1) is 14.6. The Morgan fingerprint density at radius 2 is 1.45 bits per heavy atom. The maximum atomic E-state index is 8.62. The SMILES string of the molecule is OCC#Cc1ccc(COCc2ccc(Cl)cc2)cc1. The van der Waals surface area contributed by atoms with Crippen LogP contribution in [0.15, 0.2) is 48.5 Å². The number of halogens is 1. The molecule has 0 aliphatic heterocycles. The Kier molecular flexibility index (Phi) is 5.64. The first-order valence-electron chi connectivity index (χ1n) is 6.29. The van der Waals surface area contributed by atoms with Crippen LogP contribution < -0.4 is 0 Å². The van der Waals surface area contributed by atoms with Crippen molar-refractivity contribution in [2.45, 2.75) is 13.2 Å². The summed E-state index contributed by atoms with van der Waals surface area (Å²) in [5.41, 5.74) is 3.08. The van der Waals surface area contributed by atoms with Crippen molar-refractivity contribution in [3.05, 3.63) is 70.2 Å². The quantitative estimate of drug-likeness (QED) is 0.873. The molecule has 2 rings (SSSR count). The predicted molar refractivity (Wildman–Crippen MR) is 80.4 cm³/mol. The molecule has 0 atom stereocenters. The first-order valence-corrected chi connectivity index (χ1v) is 6.66. The van der Waals surface area contributed by atoms with E-state index in [2.05, 4.69) is 11.8 Å². The normalized spacial score (nSPS) is 9.90. The molecule has 0 radical (unpaired) electrons. The summed E-state index contributed by atoms with van der Waals surface area (Å²) in [7, 11) is 0.